The lowest BCUT2D eigenvalue weighted by atomic mass is 10.2. The molecule has 1 amide bonds. The number of carbonyl (C=O) groups excluding carboxylic acids is 2. The van der Waals surface area contributed by atoms with Crippen LogP contribution < -0.4 is 19.9 Å². The van der Waals surface area contributed by atoms with E-state index in [-0.39, 0.29) is 34.7 Å². The van der Waals surface area contributed by atoms with E-state index in [0.717, 1.165) is 5.56 Å². The lowest BCUT2D eigenvalue weighted by Crippen LogP contribution is -2.34. The quantitative estimate of drug-likeness (QED) is 0.543. The van der Waals surface area contributed by atoms with Gasteiger partial charge in [-0.2, -0.15) is 0 Å². The van der Waals surface area contributed by atoms with Crippen molar-refractivity contribution in [2.45, 2.75) is 13.5 Å². The zero-order valence-electron chi connectivity index (χ0n) is 16.1. The maximum atomic E-state index is 12.5. The highest BCUT2D eigenvalue weighted by atomic mass is 35.5. The molecule has 8 nitrogen and oxygen atoms in total. The second-order valence-electron chi connectivity index (χ2n) is 6.25. The molecule has 3 rings (SSSR count). The molecule has 29 heavy (non-hydrogen) atoms. The fraction of sp³-hybridized carbons (Fsp3) is 0.300. The predicted octanol–water partition coefficient (Wildman–Crippen LogP) is 2.87. The van der Waals surface area contributed by atoms with E-state index in [1.165, 1.54) is 19.2 Å². The van der Waals surface area contributed by atoms with Crippen molar-refractivity contribution in [3.8, 4) is 17.2 Å². The fourth-order valence-electron chi connectivity index (χ4n) is 2.83. The van der Waals surface area contributed by atoms with Gasteiger partial charge in [0, 0.05) is 19.2 Å². The molecule has 0 spiro atoms. The van der Waals surface area contributed by atoms with Gasteiger partial charge < -0.3 is 29.6 Å². The van der Waals surface area contributed by atoms with E-state index < -0.39 is 12.6 Å². The van der Waals surface area contributed by atoms with Crippen molar-refractivity contribution in [2.24, 2.45) is 0 Å². The van der Waals surface area contributed by atoms with Gasteiger partial charge in [0.2, 0.25) is 6.79 Å². The number of nitrogen functional groups attached to an aromatic ring is 1. The van der Waals surface area contributed by atoms with Crippen LogP contribution in [0.4, 0.5) is 5.69 Å². The highest BCUT2D eigenvalue weighted by molar-refractivity contribution is 6.33. The predicted molar refractivity (Wildman–Crippen MR) is 106 cm³/mol. The molecule has 0 aliphatic carbocycles. The molecule has 9 heteroatoms. The third-order valence-electron chi connectivity index (χ3n) is 4.41. The molecule has 0 saturated heterocycles. The summed E-state index contributed by atoms with van der Waals surface area (Å²) in [5.74, 6) is 0.477. The van der Waals surface area contributed by atoms with Crippen molar-refractivity contribution in [3.05, 3.63) is 46.5 Å². The lowest BCUT2D eigenvalue weighted by molar-refractivity contribution is -0.134. The van der Waals surface area contributed by atoms with Gasteiger partial charge in [-0.25, -0.2) is 4.79 Å². The SMILES string of the molecule is CCN(Cc1ccc2c(c1)OCO2)C(=O)COC(=O)c1cc(Cl)c(N)cc1OC. The fourth-order valence-corrected chi connectivity index (χ4v) is 2.99. The van der Waals surface area contributed by atoms with Crippen LogP contribution in [-0.2, 0) is 16.1 Å². The first kappa shape index (κ1) is 20.6. The molecule has 1 aliphatic rings. The summed E-state index contributed by atoms with van der Waals surface area (Å²) in [6, 6.07) is 8.26. The van der Waals surface area contributed by atoms with Crippen molar-refractivity contribution in [2.75, 3.05) is 32.8 Å². The van der Waals surface area contributed by atoms with E-state index >= 15 is 0 Å². The van der Waals surface area contributed by atoms with E-state index in [4.69, 9.17) is 36.3 Å². The molecule has 2 aromatic carbocycles. The summed E-state index contributed by atoms with van der Waals surface area (Å²) in [6.07, 6.45) is 0. The van der Waals surface area contributed by atoms with E-state index in [1.54, 1.807) is 11.0 Å². The summed E-state index contributed by atoms with van der Waals surface area (Å²) < 4.78 is 20.9. The number of carbonyl (C=O) groups is 2. The van der Waals surface area contributed by atoms with Gasteiger partial charge in [-0.1, -0.05) is 17.7 Å². The van der Waals surface area contributed by atoms with Gasteiger partial charge in [0.15, 0.2) is 18.1 Å². The minimum atomic E-state index is -0.726. The van der Waals surface area contributed by atoms with Crippen LogP contribution in [0.2, 0.25) is 5.02 Å². The van der Waals surface area contributed by atoms with Crippen molar-refractivity contribution in [3.63, 3.8) is 0 Å². The van der Waals surface area contributed by atoms with Crippen LogP contribution >= 0.6 is 11.6 Å². The Morgan fingerprint density at radius 3 is 2.69 bits per heavy atom. The maximum absolute atomic E-state index is 12.5. The number of anilines is 1. The van der Waals surface area contributed by atoms with Gasteiger partial charge in [-0.3, -0.25) is 4.79 Å². The number of likely N-dealkylation sites (N-methyl/N-ethyl adjacent to an activating group) is 1. The molecule has 0 saturated carbocycles. The summed E-state index contributed by atoms with van der Waals surface area (Å²) in [6.45, 7) is 2.41. The molecule has 0 fully saturated rings. The second kappa shape index (κ2) is 8.91. The summed E-state index contributed by atoms with van der Waals surface area (Å²) in [5.41, 5.74) is 6.96. The molecular formula is C20H21ClN2O6. The molecule has 0 radical (unpaired) electrons. The second-order valence-corrected chi connectivity index (χ2v) is 6.65. The van der Waals surface area contributed by atoms with Gasteiger partial charge >= 0.3 is 5.97 Å². The minimum absolute atomic E-state index is 0.0957. The number of hydrogen-bond acceptors (Lipinski definition) is 7. The summed E-state index contributed by atoms with van der Waals surface area (Å²) in [4.78, 5) is 26.5. The number of fused-ring (bicyclic) bond motifs is 1. The molecule has 154 valence electrons. The van der Waals surface area contributed by atoms with Crippen molar-refractivity contribution >= 4 is 29.2 Å². The van der Waals surface area contributed by atoms with Gasteiger partial charge in [-0.05, 0) is 30.7 Å². The zero-order valence-corrected chi connectivity index (χ0v) is 16.8. The first-order valence-corrected chi connectivity index (χ1v) is 9.27. The van der Waals surface area contributed by atoms with Crippen LogP contribution in [0.25, 0.3) is 0 Å². The standard InChI is InChI=1S/C20H21ClN2O6/c1-3-23(9-12-4-5-16-18(6-12)29-11-28-16)19(24)10-27-20(25)13-7-14(21)15(22)8-17(13)26-2/h4-8H,3,9-11,22H2,1-2H3. The maximum Gasteiger partial charge on any atom is 0.342 e. The highest BCUT2D eigenvalue weighted by Gasteiger charge is 2.20. The molecule has 0 bridgehead atoms. The van der Waals surface area contributed by atoms with Crippen LogP contribution in [0.5, 0.6) is 17.2 Å². The summed E-state index contributed by atoms with van der Waals surface area (Å²) in [7, 11) is 1.40. The Kier molecular flexibility index (Phi) is 6.33. The number of hydrogen-bond donors (Lipinski definition) is 1. The molecule has 1 heterocycles. The Hall–Kier alpha value is -3.13. The van der Waals surface area contributed by atoms with E-state index in [0.29, 0.717) is 24.6 Å². The Bertz CT molecular complexity index is 933. The molecule has 0 unspecified atom stereocenters. The van der Waals surface area contributed by atoms with Crippen LogP contribution in [0.1, 0.15) is 22.8 Å². The van der Waals surface area contributed by atoms with Gasteiger partial charge in [0.25, 0.3) is 5.91 Å². The van der Waals surface area contributed by atoms with E-state index in [2.05, 4.69) is 0 Å². The highest BCUT2D eigenvalue weighted by Crippen LogP contribution is 2.33. The number of nitrogens with two attached hydrogens (primary N) is 1. The number of benzene rings is 2. The number of methoxy groups -OCH3 is 1. The normalized spacial score (nSPS) is 11.8. The summed E-state index contributed by atoms with van der Waals surface area (Å²) >= 11 is 5.97. The van der Waals surface area contributed by atoms with Gasteiger partial charge in [0.05, 0.1) is 17.8 Å². The Balaban J connectivity index is 1.63. The molecule has 2 aromatic rings. The van der Waals surface area contributed by atoms with E-state index in [1.807, 2.05) is 19.1 Å². The zero-order chi connectivity index (χ0) is 21.0. The van der Waals surface area contributed by atoms with Gasteiger partial charge in [-0.15, -0.1) is 0 Å². The average molecular weight is 421 g/mol. The molecular weight excluding hydrogens is 400 g/mol. The first-order valence-electron chi connectivity index (χ1n) is 8.89. The van der Waals surface area contributed by atoms with Crippen LogP contribution in [0, 0.1) is 0 Å². The molecule has 2 N–H and O–H groups in total. The molecule has 0 atom stereocenters. The Morgan fingerprint density at radius 1 is 1.21 bits per heavy atom. The topological polar surface area (TPSA) is 100 Å². The lowest BCUT2D eigenvalue weighted by Gasteiger charge is -2.21. The largest absolute Gasteiger partial charge is 0.496 e. The number of halogens is 1. The number of esters is 1. The van der Waals surface area contributed by atoms with Gasteiger partial charge in [0.1, 0.15) is 11.3 Å². The first-order chi connectivity index (χ1) is 13.9. The Labute approximate surface area is 173 Å². The Morgan fingerprint density at radius 2 is 1.97 bits per heavy atom. The van der Waals surface area contributed by atoms with Crippen LogP contribution in [0.15, 0.2) is 30.3 Å². The number of ether oxygens (including phenoxy) is 4. The number of rotatable bonds is 7. The third-order valence-corrected chi connectivity index (χ3v) is 4.74. The molecule has 0 aromatic heterocycles. The van der Waals surface area contributed by atoms with Crippen molar-refractivity contribution in [1.82, 2.24) is 4.90 Å². The number of amides is 1. The van der Waals surface area contributed by atoms with Crippen molar-refractivity contribution in [1.29, 1.82) is 0 Å². The smallest absolute Gasteiger partial charge is 0.342 e. The van der Waals surface area contributed by atoms with Crippen molar-refractivity contribution < 1.29 is 28.5 Å². The monoisotopic (exact) mass is 420 g/mol. The summed E-state index contributed by atoms with van der Waals surface area (Å²) in [5, 5.41) is 0.196. The molecule has 1 aliphatic heterocycles. The number of nitrogens with zero attached hydrogens (tertiary/aromatic N) is 1. The van der Waals surface area contributed by atoms with E-state index in [9.17, 15) is 9.59 Å². The minimum Gasteiger partial charge on any atom is -0.496 e. The van der Waals surface area contributed by atoms with Crippen LogP contribution in [-0.4, -0.2) is 43.8 Å². The third kappa shape index (κ3) is 4.65. The van der Waals surface area contributed by atoms with Crippen LogP contribution in [0.3, 0.4) is 0 Å². The average Bonchev–Trinajstić information content (AvgIpc) is 3.19.